The van der Waals surface area contributed by atoms with Crippen LogP contribution in [-0.2, 0) is 16.6 Å². The molecule has 34 heavy (non-hydrogen) atoms. The summed E-state index contributed by atoms with van der Waals surface area (Å²) in [6.45, 7) is 3.05. The van der Waals surface area contributed by atoms with Crippen molar-refractivity contribution in [2.75, 3.05) is 46.1 Å². The highest BCUT2D eigenvalue weighted by Gasteiger charge is 2.43. The van der Waals surface area contributed by atoms with Crippen LogP contribution in [0, 0.1) is 5.92 Å². The largest absolute Gasteiger partial charge is 0.365 e. The summed E-state index contributed by atoms with van der Waals surface area (Å²) in [7, 11) is 5.66. The Hall–Kier alpha value is -2.70. The van der Waals surface area contributed by atoms with Crippen molar-refractivity contribution in [2.45, 2.75) is 31.1 Å². The number of hydrogen-bond acceptors (Lipinski definition) is 5. The van der Waals surface area contributed by atoms with E-state index in [0.29, 0.717) is 5.92 Å². The highest BCUT2D eigenvalue weighted by atomic mass is 32.1. The molecule has 0 aliphatic carbocycles. The second-order valence-corrected chi connectivity index (χ2v) is 10.3. The van der Waals surface area contributed by atoms with E-state index < -0.39 is 5.41 Å². The predicted molar refractivity (Wildman–Crippen MR) is 142 cm³/mol. The van der Waals surface area contributed by atoms with E-state index in [1.165, 1.54) is 18.5 Å². The van der Waals surface area contributed by atoms with Crippen molar-refractivity contribution in [3.05, 3.63) is 82.9 Å². The van der Waals surface area contributed by atoms with Crippen LogP contribution in [0.1, 0.15) is 36.1 Å². The van der Waals surface area contributed by atoms with Crippen LogP contribution in [0.5, 0.6) is 0 Å². The fourth-order valence-corrected chi connectivity index (χ4v) is 5.87. The van der Waals surface area contributed by atoms with E-state index in [1.54, 1.807) is 16.2 Å². The van der Waals surface area contributed by atoms with Crippen molar-refractivity contribution in [3.8, 4) is 0 Å². The van der Waals surface area contributed by atoms with Gasteiger partial charge in [-0.15, -0.1) is 11.3 Å². The van der Waals surface area contributed by atoms with Crippen LogP contribution in [0.2, 0.25) is 0 Å². The lowest BCUT2D eigenvalue weighted by molar-refractivity contribution is -0.133. The molecule has 1 aliphatic rings. The number of hydrogen-bond donors (Lipinski definition) is 1. The molecule has 0 atom stereocenters. The average Bonchev–Trinajstić information content (AvgIpc) is 3.34. The fraction of sp³-hybridized carbons (Fsp3) is 0.429. The van der Waals surface area contributed by atoms with Gasteiger partial charge in [0.2, 0.25) is 5.91 Å². The van der Waals surface area contributed by atoms with Gasteiger partial charge in [0.25, 0.3) is 0 Å². The summed E-state index contributed by atoms with van der Waals surface area (Å²) in [6, 6.07) is 20.6. The zero-order valence-corrected chi connectivity index (χ0v) is 21.4. The molecular weight excluding hydrogens is 440 g/mol. The van der Waals surface area contributed by atoms with E-state index in [0.717, 1.165) is 48.7 Å². The van der Waals surface area contributed by atoms with Crippen LogP contribution in [0.15, 0.2) is 66.0 Å². The smallest absolute Gasteiger partial charge is 0.237 e. The molecule has 1 fully saturated rings. The minimum absolute atomic E-state index is 0.142. The molecule has 0 unspecified atom stereocenters. The number of piperidine rings is 1. The van der Waals surface area contributed by atoms with E-state index in [4.69, 9.17) is 0 Å². The quantitative estimate of drug-likeness (QED) is 0.477. The number of aromatic nitrogens is 1. The maximum Gasteiger partial charge on any atom is 0.237 e. The highest BCUT2D eigenvalue weighted by Crippen LogP contribution is 2.38. The first-order valence-electron chi connectivity index (χ1n) is 12.2. The summed E-state index contributed by atoms with van der Waals surface area (Å²) < 4.78 is 0. The molecule has 1 aromatic heterocycles. The van der Waals surface area contributed by atoms with Crippen molar-refractivity contribution < 1.29 is 4.79 Å². The fourth-order valence-electron chi connectivity index (χ4n) is 5.19. The van der Waals surface area contributed by atoms with Crippen molar-refractivity contribution in [3.63, 3.8) is 0 Å². The molecule has 1 N–H and O–H groups in total. The lowest BCUT2D eigenvalue weighted by Crippen LogP contribution is -2.47. The van der Waals surface area contributed by atoms with Crippen LogP contribution in [-0.4, -0.2) is 61.5 Å². The van der Waals surface area contributed by atoms with Gasteiger partial charge in [0.1, 0.15) is 5.41 Å². The first-order chi connectivity index (χ1) is 16.5. The minimum atomic E-state index is -0.687. The van der Waals surface area contributed by atoms with Crippen LogP contribution in [0.25, 0.3) is 0 Å². The van der Waals surface area contributed by atoms with E-state index >= 15 is 0 Å². The molecule has 5 nitrogen and oxygen atoms in total. The molecule has 0 spiro atoms. The van der Waals surface area contributed by atoms with Gasteiger partial charge in [-0.1, -0.05) is 60.7 Å². The standard InChI is InChI=1S/C28H36N4OS/c1-29-27-30-25(21-34-27)20-22-14-17-32(18-15-22)19-16-28(26(33)31(2)3,23-10-6-4-7-11-23)24-12-8-5-9-13-24/h4-13,21-22H,14-20H2,1-3H3,(H,29,30). The molecule has 0 bridgehead atoms. The summed E-state index contributed by atoms with van der Waals surface area (Å²) in [4.78, 5) is 22.8. The van der Waals surface area contributed by atoms with Gasteiger partial charge in [0.15, 0.2) is 5.13 Å². The molecule has 4 rings (SSSR count). The Labute approximate surface area is 207 Å². The van der Waals surface area contributed by atoms with Gasteiger partial charge in [-0.3, -0.25) is 4.79 Å². The Balaban J connectivity index is 1.49. The van der Waals surface area contributed by atoms with Crippen LogP contribution in [0.3, 0.4) is 0 Å². The monoisotopic (exact) mass is 476 g/mol. The third-order valence-electron chi connectivity index (χ3n) is 7.08. The Kier molecular flexibility index (Phi) is 8.01. The van der Waals surface area contributed by atoms with Gasteiger partial charge in [-0.2, -0.15) is 0 Å². The normalized spacial score (nSPS) is 15.3. The number of nitrogens with one attached hydrogen (secondary N) is 1. The summed E-state index contributed by atoms with van der Waals surface area (Å²) in [5.74, 6) is 0.822. The number of rotatable bonds is 9. The van der Waals surface area contributed by atoms with E-state index in [-0.39, 0.29) is 5.91 Å². The maximum atomic E-state index is 13.8. The summed E-state index contributed by atoms with van der Waals surface area (Å²) >= 11 is 1.68. The zero-order valence-electron chi connectivity index (χ0n) is 20.5. The van der Waals surface area contributed by atoms with Gasteiger partial charge >= 0.3 is 0 Å². The number of benzene rings is 2. The number of carbonyl (C=O) groups is 1. The Morgan fingerprint density at radius 3 is 2.15 bits per heavy atom. The SMILES string of the molecule is CNc1nc(CC2CCN(CCC(C(=O)N(C)C)(c3ccccc3)c3ccccc3)CC2)cs1. The van der Waals surface area contributed by atoms with Gasteiger partial charge in [-0.25, -0.2) is 4.98 Å². The van der Waals surface area contributed by atoms with Gasteiger partial charge in [0.05, 0.1) is 5.69 Å². The van der Waals surface area contributed by atoms with Crippen molar-refractivity contribution >= 4 is 22.4 Å². The second-order valence-electron chi connectivity index (χ2n) is 9.47. The van der Waals surface area contributed by atoms with Crippen molar-refractivity contribution in [1.82, 2.24) is 14.8 Å². The van der Waals surface area contributed by atoms with Gasteiger partial charge in [-0.05, 0) is 62.4 Å². The number of likely N-dealkylation sites (tertiary alicyclic amines) is 1. The number of amides is 1. The van der Waals surface area contributed by atoms with Gasteiger partial charge < -0.3 is 15.1 Å². The molecule has 2 aromatic carbocycles. The number of anilines is 1. The number of likely N-dealkylation sites (N-methyl/N-ethyl adjacent to an activating group) is 1. The average molecular weight is 477 g/mol. The first-order valence-corrected chi connectivity index (χ1v) is 13.1. The first kappa shape index (κ1) is 24.4. The van der Waals surface area contributed by atoms with Gasteiger partial charge in [0, 0.05) is 26.5 Å². The zero-order chi connectivity index (χ0) is 24.0. The molecular formula is C28H36N4OS. The maximum absolute atomic E-state index is 13.8. The molecule has 0 saturated carbocycles. The molecule has 180 valence electrons. The topological polar surface area (TPSA) is 48.5 Å². The number of carbonyl (C=O) groups excluding carboxylic acids is 1. The number of nitrogens with zero attached hydrogens (tertiary/aromatic N) is 3. The molecule has 1 amide bonds. The molecule has 6 heteroatoms. The minimum Gasteiger partial charge on any atom is -0.365 e. The van der Waals surface area contributed by atoms with Crippen LogP contribution < -0.4 is 5.32 Å². The number of thiazole rings is 1. The third-order valence-corrected chi connectivity index (χ3v) is 7.99. The molecule has 0 radical (unpaired) electrons. The Bertz CT molecular complexity index is 1000. The van der Waals surface area contributed by atoms with E-state index in [2.05, 4.69) is 44.8 Å². The molecule has 1 saturated heterocycles. The second kappa shape index (κ2) is 11.2. The summed E-state index contributed by atoms with van der Waals surface area (Å²) in [6.07, 6.45) is 4.18. The predicted octanol–water partition coefficient (Wildman–Crippen LogP) is 4.90. The molecule has 1 aliphatic heterocycles. The van der Waals surface area contributed by atoms with Crippen LogP contribution in [0.4, 0.5) is 5.13 Å². The highest BCUT2D eigenvalue weighted by molar-refractivity contribution is 7.13. The summed E-state index contributed by atoms with van der Waals surface area (Å²) in [5.41, 5.74) is 2.65. The Morgan fingerprint density at radius 1 is 1.06 bits per heavy atom. The lowest BCUT2D eigenvalue weighted by atomic mass is 9.70. The van der Waals surface area contributed by atoms with Crippen molar-refractivity contribution in [2.24, 2.45) is 5.92 Å². The van der Waals surface area contributed by atoms with Crippen molar-refractivity contribution in [1.29, 1.82) is 0 Å². The Morgan fingerprint density at radius 2 is 1.65 bits per heavy atom. The summed E-state index contributed by atoms with van der Waals surface area (Å²) in [5, 5.41) is 6.31. The molecule has 3 aromatic rings. The van der Waals surface area contributed by atoms with E-state index in [9.17, 15) is 4.79 Å². The lowest BCUT2D eigenvalue weighted by Gasteiger charge is -2.39. The third kappa shape index (κ3) is 5.34. The molecule has 2 heterocycles. The van der Waals surface area contributed by atoms with Crippen LogP contribution >= 0.6 is 11.3 Å². The van der Waals surface area contributed by atoms with E-state index in [1.807, 2.05) is 57.5 Å².